The summed E-state index contributed by atoms with van der Waals surface area (Å²) in [5.74, 6) is -0.816. The summed E-state index contributed by atoms with van der Waals surface area (Å²) >= 11 is 0. The van der Waals surface area contributed by atoms with Crippen LogP contribution in [0.5, 0.6) is 0 Å². The number of carbonyl (C=O) groups is 1. The molecule has 0 aliphatic carbocycles. The number of carbonyl (C=O) groups excluding carboxylic acids is 1. The van der Waals surface area contributed by atoms with Gasteiger partial charge < -0.3 is 9.47 Å². The topological polar surface area (TPSA) is 65.7 Å². The Hall–Kier alpha value is -2.94. The Morgan fingerprint density at radius 2 is 1.89 bits per heavy atom. The second-order valence-electron chi connectivity index (χ2n) is 5.81. The summed E-state index contributed by atoms with van der Waals surface area (Å²) in [6.45, 7) is 2.00. The van der Waals surface area contributed by atoms with Crippen molar-refractivity contribution >= 4 is 11.6 Å². The van der Waals surface area contributed by atoms with Crippen molar-refractivity contribution in [1.82, 2.24) is 14.6 Å². The Kier molecular flexibility index (Phi) is 5.13. The van der Waals surface area contributed by atoms with Crippen LogP contribution in [0.2, 0.25) is 0 Å². The summed E-state index contributed by atoms with van der Waals surface area (Å²) in [4.78, 5) is 16.4. The number of halogens is 3. The number of esters is 1. The van der Waals surface area contributed by atoms with Gasteiger partial charge >= 0.3 is 12.1 Å². The molecule has 142 valence electrons. The fraction of sp³-hybridized carbons (Fsp3) is 0.278. The highest BCUT2D eigenvalue weighted by molar-refractivity contribution is 5.96. The van der Waals surface area contributed by atoms with E-state index in [-0.39, 0.29) is 30.1 Å². The predicted octanol–water partition coefficient (Wildman–Crippen LogP) is 3.53. The molecule has 2 heterocycles. The van der Waals surface area contributed by atoms with E-state index in [1.165, 1.54) is 7.11 Å². The number of benzene rings is 1. The second-order valence-corrected chi connectivity index (χ2v) is 5.81. The van der Waals surface area contributed by atoms with Crippen molar-refractivity contribution in [2.24, 2.45) is 0 Å². The summed E-state index contributed by atoms with van der Waals surface area (Å²) in [5, 5.41) is 3.69. The molecule has 0 amide bonds. The summed E-state index contributed by atoms with van der Waals surface area (Å²) in [5.41, 5.74) is 0.143. The standard InChI is InChI=1S/C18H16F3N3O3/c1-11-3-5-12(6-4-11)14-9-15(18(19,20)21)24-16(23-14)13(10-22-24)17(25)27-8-7-26-2/h3-6,9-10H,7-8H2,1-2H3. The molecule has 0 saturated carbocycles. The quantitative estimate of drug-likeness (QED) is 0.501. The number of fused-ring (bicyclic) bond motifs is 1. The number of aryl methyl sites for hydroxylation is 1. The minimum atomic E-state index is -4.68. The molecule has 3 aromatic rings. The number of methoxy groups -OCH3 is 1. The molecular weight excluding hydrogens is 363 g/mol. The lowest BCUT2D eigenvalue weighted by Crippen LogP contribution is -2.15. The summed E-state index contributed by atoms with van der Waals surface area (Å²) < 4.78 is 50.9. The molecule has 0 bridgehead atoms. The van der Waals surface area contributed by atoms with Crippen molar-refractivity contribution in [2.45, 2.75) is 13.1 Å². The number of rotatable bonds is 5. The molecule has 0 spiro atoms. The van der Waals surface area contributed by atoms with E-state index < -0.39 is 17.8 Å². The minimum absolute atomic E-state index is 0.0313. The van der Waals surface area contributed by atoms with Gasteiger partial charge in [0.1, 0.15) is 12.2 Å². The van der Waals surface area contributed by atoms with Gasteiger partial charge in [0, 0.05) is 12.7 Å². The first-order valence-corrected chi connectivity index (χ1v) is 8.00. The molecule has 2 aromatic heterocycles. The van der Waals surface area contributed by atoms with Gasteiger partial charge in [-0.2, -0.15) is 18.3 Å². The maximum atomic E-state index is 13.5. The van der Waals surface area contributed by atoms with E-state index in [0.29, 0.717) is 10.1 Å². The van der Waals surface area contributed by atoms with Crippen LogP contribution < -0.4 is 0 Å². The van der Waals surface area contributed by atoms with E-state index >= 15 is 0 Å². The number of hydrogen-bond donors (Lipinski definition) is 0. The first kappa shape index (κ1) is 18.8. The minimum Gasteiger partial charge on any atom is -0.460 e. The average Bonchev–Trinajstić information content (AvgIpc) is 3.04. The fourth-order valence-electron chi connectivity index (χ4n) is 2.48. The Labute approximate surface area is 152 Å². The van der Waals surface area contributed by atoms with Crippen LogP contribution in [0.1, 0.15) is 21.6 Å². The molecule has 0 unspecified atom stereocenters. The predicted molar refractivity (Wildman–Crippen MR) is 90.3 cm³/mol. The van der Waals surface area contributed by atoms with Crippen LogP contribution in [0.3, 0.4) is 0 Å². The van der Waals surface area contributed by atoms with Gasteiger partial charge in [-0.3, -0.25) is 0 Å². The summed E-state index contributed by atoms with van der Waals surface area (Å²) in [6, 6.07) is 7.78. The van der Waals surface area contributed by atoms with Crippen molar-refractivity contribution < 1.29 is 27.4 Å². The molecule has 0 atom stereocenters. The van der Waals surface area contributed by atoms with Crippen LogP contribution >= 0.6 is 0 Å². The number of alkyl halides is 3. The van der Waals surface area contributed by atoms with Crippen LogP contribution in [0.25, 0.3) is 16.9 Å². The lowest BCUT2D eigenvalue weighted by molar-refractivity contribution is -0.142. The van der Waals surface area contributed by atoms with E-state index in [1.54, 1.807) is 24.3 Å². The van der Waals surface area contributed by atoms with Gasteiger partial charge in [0.15, 0.2) is 11.3 Å². The maximum Gasteiger partial charge on any atom is 0.433 e. The Morgan fingerprint density at radius 3 is 2.52 bits per heavy atom. The van der Waals surface area contributed by atoms with Crippen molar-refractivity contribution in [3.8, 4) is 11.3 Å². The molecule has 1 aromatic carbocycles. The fourth-order valence-corrected chi connectivity index (χ4v) is 2.48. The lowest BCUT2D eigenvalue weighted by atomic mass is 10.1. The molecular formula is C18H16F3N3O3. The van der Waals surface area contributed by atoms with Crippen LogP contribution in [0.4, 0.5) is 13.2 Å². The number of hydrogen-bond acceptors (Lipinski definition) is 5. The highest BCUT2D eigenvalue weighted by Crippen LogP contribution is 2.32. The van der Waals surface area contributed by atoms with E-state index in [2.05, 4.69) is 10.1 Å². The lowest BCUT2D eigenvalue weighted by Gasteiger charge is -2.11. The molecule has 27 heavy (non-hydrogen) atoms. The SMILES string of the molecule is COCCOC(=O)c1cnn2c(C(F)(F)F)cc(-c3ccc(C)cc3)nc12. The van der Waals surface area contributed by atoms with E-state index in [0.717, 1.165) is 17.8 Å². The van der Waals surface area contributed by atoms with Crippen molar-refractivity contribution in [1.29, 1.82) is 0 Å². The number of nitrogens with zero attached hydrogens (tertiary/aromatic N) is 3. The molecule has 9 heteroatoms. The third kappa shape index (κ3) is 3.92. The molecule has 3 rings (SSSR count). The highest BCUT2D eigenvalue weighted by atomic mass is 19.4. The van der Waals surface area contributed by atoms with Crippen molar-refractivity contribution in [3.05, 3.63) is 53.3 Å². The summed E-state index contributed by atoms with van der Waals surface area (Å²) in [7, 11) is 1.44. The number of aromatic nitrogens is 3. The van der Waals surface area contributed by atoms with E-state index in [1.807, 2.05) is 6.92 Å². The smallest absolute Gasteiger partial charge is 0.433 e. The normalized spacial score (nSPS) is 11.7. The zero-order chi connectivity index (χ0) is 19.6. The van der Waals surface area contributed by atoms with Gasteiger partial charge in [0.25, 0.3) is 0 Å². The van der Waals surface area contributed by atoms with E-state index in [9.17, 15) is 18.0 Å². The Morgan fingerprint density at radius 1 is 1.19 bits per heavy atom. The first-order valence-electron chi connectivity index (χ1n) is 8.00. The molecule has 0 radical (unpaired) electrons. The van der Waals surface area contributed by atoms with Gasteiger partial charge in [0.2, 0.25) is 0 Å². The van der Waals surface area contributed by atoms with Gasteiger partial charge in [-0.15, -0.1) is 0 Å². The monoisotopic (exact) mass is 379 g/mol. The van der Waals surface area contributed by atoms with Crippen molar-refractivity contribution in [3.63, 3.8) is 0 Å². The Balaban J connectivity index is 2.13. The largest absolute Gasteiger partial charge is 0.460 e. The first-order chi connectivity index (χ1) is 12.8. The van der Waals surface area contributed by atoms with Crippen LogP contribution in [0, 0.1) is 6.92 Å². The van der Waals surface area contributed by atoms with Gasteiger partial charge in [-0.25, -0.2) is 14.3 Å². The average molecular weight is 379 g/mol. The van der Waals surface area contributed by atoms with Crippen molar-refractivity contribution in [2.75, 3.05) is 20.3 Å². The zero-order valence-electron chi connectivity index (χ0n) is 14.6. The third-order valence-corrected chi connectivity index (χ3v) is 3.85. The van der Waals surface area contributed by atoms with Gasteiger partial charge in [-0.05, 0) is 13.0 Å². The summed E-state index contributed by atoms with van der Waals surface area (Å²) in [6.07, 6.45) is -3.66. The molecule has 0 saturated heterocycles. The van der Waals surface area contributed by atoms with Crippen LogP contribution in [0.15, 0.2) is 36.5 Å². The van der Waals surface area contributed by atoms with E-state index in [4.69, 9.17) is 9.47 Å². The van der Waals surface area contributed by atoms with Crippen LogP contribution in [-0.2, 0) is 15.7 Å². The molecule has 0 N–H and O–H groups in total. The van der Waals surface area contributed by atoms with Gasteiger partial charge in [0.05, 0.1) is 18.5 Å². The number of ether oxygens (including phenoxy) is 2. The molecule has 0 aliphatic rings. The molecule has 0 fully saturated rings. The second kappa shape index (κ2) is 7.36. The van der Waals surface area contributed by atoms with Gasteiger partial charge in [-0.1, -0.05) is 29.8 Å². The van der Waals surface area contributed by atoms with Crippen LogP contribution in [-0.4, -0.2) is 40.9 Å². The Bertz CT molecular complexity index is 966. The zero-order valence-corrected chi connectivity index (χ0v) is 14.6. The third-order valence-electron chi connectivity index (χ3n) is 3.85. The molecule has 0 aliphatic heterocycles. The highest BCUT2D eigenvalue weighted by Gasteiger charge is 2.36. The maximum absolute atomic E-state index is 13.5. The molecule has 6 nitrogen and oxygen atoms in total.